The van der Waals surface area contributed by atoms with Crippen molar-refractivity contribution in [3.8, 4) is 11.3 Å². The Balaban J connectivity index is 1.87. The number of rotatable bonds is 3. The highest BCUT2D eigenvalue weighted by molar-refractivity contribution is 6.03. The van der Waals surface area contributed by atoms with E-state index in [9.17, 15) is 9.18 Å². The molecule has 0 spiro atoms. The molecule has 1 aromatic heterocycles. The largest absolute Gasteiger partial charge is 0.321 e. The molecule has 1 heterocycles. The number of nitrogens with zero attached hydrogens (tertiary/aromatic N) is 2. The van der Waals surface area contributed by atoms with Crippen LogP contribution in [0, 0.1) is 12.7 Å². The van der Waals surface area contributed by atoms with Crippen molar-refractivity contribution in [2.45, 2.75) is 6.92 Å². The van der Waals surface area contributed by atoms with Crippen molar-refractivity contribution < 1.29 is 9.18 Å². The molecule has 1 N–H and O–H groups in total. The first-order chi connectivity index (χ1) is 11.0. The van der Waals surface area contributed by atoms with Crippen molar-refractivity contribution in [3.05, 3.63) is 71.7 Å². The highest BCUT2D eigenvalue weighted by atomic mass is 19.1. The fraction of sp³-hybridized carbons (Fsp3) is 0.111. The SMILES string of the molecule is Cc1cccc(NC(=O)c2cc(-c3cccc(F)c3)n(C)n2)c1. The van der Waals surface area contributed by atoms with Gasteiger partial charge >= 0.3 is 0 Å². The Morgan fingerprint density at radius 3 is 2.65 bits per heavy atom. The summed E-state index contributed by atoms with van der Waals surface area (Å²) in [7, 11) is 1.73. The quantitative estimate of drug-likeness (QED) is 0.800. The topological polar surface area (TPSA) is 46.9 Å². The predicted octanol–water partition coefficient (Wildman–Crippen LogP) is 3.79. The lowest BCUT2D eigenvalue weighted by molar-refractivity contribution is 0.102. The lowest BCUT2D eigenvalue weighted by Crippen LogP contribution is -2.13. The number of anilines is 1. The van der Waals surface area contributed by atoms with Crippen LogP contribution < -0.4 is 5.32 Å². The Hall–Kier alpha value is -2.95. The highest BCUT2D eigenvalue weighted by Crippen LogP contribution is 2.21. The van der Waals surface area contributed by atoms with Crippen LogP contribution in [-0.4, -0.2) is 15.7 Å². The number of aryl methyl sites for hydroxylation is 2. The van der Waals surface area contributed by atoms with Crippen LogP contribution in [0.5, 0.6) is 0 Å². The molecule has 1 amide bonds. The summed E-state index contributed by atoms with van der Waals surface area (Å²) in [5, 5.41) is 7.03. The smallest absolute Gasteiger partial charge is 0.276 e. The summed E-state index contributed by atoms with van der Waals surface area (Å²) in [6, 6.07) is 15.4. The number of amides is 1. The van der Waals surface area contributed by atoms with Crippen molar-refractivity contribution >= 4 is 11.6 Å². The molecule has 0 aliphatic rings. The van der Waals surface area contributed by atoms with Gasteiger partial charge < -0.3 is 5.32 Å². The molecule has 0 aliphatic heterocycles. The van der Waals surface area contributed by atoms with Gasteiger partial charge in [-0.2, -0.15) is 5.10 Å². The van der Waals surface area contributed by atoms with E-state index in [1.165, 1.54) is 12.1 Å². The summed E-state index contributed by atoms with van der Waals surface area (Å²) < 4.78 is 14.9. The number of halogens is 1. The molecule has 0 unspecified atom stereocenters. The number of nitrogens with one attached hydrogen (secondary N) is 1. The Morgan fingerprint density at radius 1 is 1.13 bits per heavy atom. The van der Waals surface area contributed by atoms with Crippen LogP contribution in [0.4, 0.5) is 10.1 Å². The van der Waals surface area contributed by atoms with Gasteiger partial charge in [-0.3, -0.25) is 9.48 Å². The minimum Gasteiger partial charge on any atom is -0.321 e. The van der Waals surface area contributed by atoms with E-state index in [2.05, 4.69) is 10.4 Å². The standard InChI is InChI=1S/C18H16FN3O/c1-12-5-3-8-15(9-12)20-18(23)16-11-17(22(2)21-16)13-6-4-7-14(19)10-13/h3-11H,1-2H3,(H,20,23). The fourth-order valence-electron chi connectivity index (χ4n) is 2.41. The molecule has 0 bridgehead atoms. The van der Waals surface area contributed by atoms with Gasteiger partial charge in [-0.15, -0.1) is 0 Å². The number of benzene rings is 2. The minimum atomic E-state index is -0.325. The summed E-state index contributed by atoms with van der Waals surface area (Å²) >= 11 is 0. The molecular weight excluding hydrogens is 293 g/mol. The zero-order valence-corrected chi connectivity index (χ0v) is 12.9. The van der Waals surface area contributed by atoms with Gasteiger partial charge in [0.15, 0.2) is 5.69 Å². The van der Waals surface area contributed by atoms with Crippen LogP contribution in [0.2, 0.25) is 0 Å². The van der Waals surface area contributed by atoms with Crippen molar-refractivity contribution in [2.24, 2.45) is 7.05 Å². The van der Waals surface area contributed by atoms with Gasteiger partial charge in [0.1, 0.15) is 5.82 Å². The predicted molar refractivity (Wildman–Crippen MR) is 87.7 cm³/mol. The van der Waals surface area contributed by atoms with Gasteiger partial charge in [0.05, 0.1) is 5.69 Å². The maximum Gasteiger partial charge on any atom is 0.276 e. The van der Waals surface area contributed by atoms with Crippen LogP contribution in [0.15, 0.2) is 54.6 Å². The summed E-state index contributed by atoms with van der Waals surface area (Å²) in [5.41, 5.74) is 3.42. The average Bonchev–Trinajstić information content (AvgIpc) is 2.89. The summed E-state index contributed by atoms with van der Waals surface area (Å²) in [6.07, 6.45) is 0. The molecule has 0 atom stereocenters. The lowest BCUT2D eigenvalue weighted by atomic mass is 10.1. The molecule has 5 heteroatoms. The van der Waals surface area contributed by atoms with E-state index in [4.69, 9.17) is 0 Å². The number of carbonyl (C=O) groups excluding carboxylic acids is 1. The summed E-state index contributed by atoms with van der Waals surface area (Å²) in [6.45, 7) is 1.96. The first kappa shape index (κ1) is 15.0. The van der Waals surface area contributed by atoms with E-state index in [0.29, 0.717) is 16.9 Å². The Morgan fingerprint density at radius 2 is 1.91 bits per heavy atom. The van der Waals surface area contributed by atoms with Crippen molar-refractivity contribution in [3.63, 3.8) is 0 Å². The maximum absolute atomic E-state index is 13.4. The first-order valence-electron chi connectivity index (χ1n) is 7.21. The molecule has 3 rings (SSSR count). The Labute approximate surface area is 133 Å². The minimum absolute atomic E-state index is 0.285. The summed E-state index contributed by atoms with van der Waals surface area (Å²) in [5.74, 6) is -0.622. The molecule has 0 saturated heterocycles. The molecule has 0 radical (unpaired) electrons. The van der Waals surface area contributed by atoms with Crippen LogP contribution in [0.1, 0.15) is 16.1 Å². The molecule has 116 valence electrons. The molecule has 0 aliphatic carbocycles. The third-order valence-corrected chi connectivity index (χ3v) is 3.51. The van der Waals surface area contributed by atoms with Crippen molar-refractivity contribution in [1.29, 1.82) is 0 Å². The van der Waals surface area contributed by atoms with Crippen LogP contribution in [0.25, 0.3) is 11.3 Å². The number of hydrogen-bond donors (Lipinski definition) is 1. The third kappa shape index (κ3) is 3.29. The third-order valence-electron chi connectivity index (χ3n) is 3.51. The zero-order chi connectivity index (χ0) is 16.4. The Kier molecular flexibility index (Phi) is 3.93. The molecular formula is C18H16FN3O. The first-order valence-corrected chi connectivity index (χ1v) is 7.21. The molecule has 3 aromatic rings. The normalized spacial score (nSPS) is 10.6. The fourth-order valence-corrected chi connectivity index (χ4v) is 2.41. The second-order valence-corrected chi connectivity index (χ2v) is 5.37. The van der Waals surface area contributed by atoms with Crippen LogP contribution in [0.3, 0.4) is 0 Å². The summed E-state index contributed by atoms with van der Waals surface area (Å²) in [4.78, 5) is 12.3. The maximum atomic E-state index is 13.4. The van der Waals surface area contributed by atoms with Gasteiger partial charge in [0.2, 0.25) is 0 Å². The monoisotopic (exact) mass is 309 g/mol. The molecule has 0 saturated carbocycles. The Bertz CT molecular complexity index is 870. The van der Waals surface area contributed by atoms with E-state index < -0.39 is 0 Å². The lowest BCUT2D eigenvalue weighted by Gasteiger charge is -2.03. The van der Waals surface area contributed by atoms with E-state index in [-0.39, 0.29) is 17.4 Å². The van der Waals surface area contributed by atoms with Gasteiger partial charge in [-0.25, -0.2) is 4.39 Å². The number of carbonyl (C=O) groups is 1. The number of hydrogen-bond acceptors (Lipinski definition) is 2. The van der Waals surface area contributed by atoms with E-state index >= 15 is 0 Å². The number of aromatic nitrogens is 2. The molecule has 4 nitrogen and oxygen atoms in total. The van der Waals surface area contributed by atoms with Gasteiger partial charge in [0.25, 0.3) is 5.91 Å². The molecule has 2 aromatic carbocycles. The second kappa shape index (κ2) is 6.04. The van der Waals surface area contributed by atoms with Gasteiger partial charge in [-0.05, 0) is 42.8 Å². The van der Waals surface area contributed by atoms with Gasteiger partial charge in [0, 0.05) is 18.3 Å². The highest BCUT2D eigenvalue weighted by Gasteiger charge is 2.14. The van der Waals surface area contributed by atoms with Crippen molar-refractivity contribution in [1.82, 2.24) is 9.78 Å². The van der Waals surface area contributed by atoms with Gasteiger partial charge in [-0.1, -0.05) is 24.3 Å². The van der Waals surface area contributed by atoms with Crippen LogP contribution in [-0.2, 0) is 7.05 Å². The average molecular weight is 309 g/mol. The van der Waals surface area contributed by atoms with Crippen LogP contribution >= 0.6 is 0 Å². The van der Waals surface area contributed by atoms with E-state index in [0.717, 1.165) is 5.56 Å². The van der Waals surface area contributed by atoms with Crippen molar-refractivity contribution in [2.75, 3.05) is 5.32 Å². The zero-order valence-electron chi connectivity index (χ0n) is 12.9. The second-order valence-electron chi connectivity index (χ2n) is 5.37. The van der Waals surface area contributed by atoms with E-state index in [1.807, 2.05) is 31.2 Å². The van der Waals surface area contributed by atoms with E-state index in [1.54, 1.807) is 29.9 Å². The molecule has 23 heavy (non-hydrogen) atoms. The molecule has 0 fully saturated rings.